The summed E-state index contributed by atoms with van der Waals surface area (Å²) in [5.74, 6) is 0.861. The van der Waals surface area contributed by atoms with Crippen LogP contribution in [0.5, 0.6) is 5.75 Å². The van der Waals surface area contributed by atoms with Crippen LogP contribution >= 0.6 is 12.4 Å². The van der Waals surface area contributed by atoms with Crippen LogP contribution in [0.4, 0.5) is 4.39 Å². The molecule has 3 N–H and O–H groups in total. The summed E-state index contributed by atoms with van der Waals surface area (Å²) >= 11 is 0. The van der Waals surface area contributed by atoms with E-state index >= 15 is 0 Å². The third kappa shape index (κ3) is 4.64. The number of rotatable bonds is 6. The Labute approximate surface area is 194 Å². The molecule has 3 aliphatic rings. The van der Waals surface area contributed by atoms with Crippen molar-refractivity contribution in [1.29, 1.82) is 0 Å². The fourth-order valence-corrected chi connectivity index (χ4v) is 4.50. The Morgan fingerprint density at radius 1 is 1.19 bits per heavy atom. The number of amides is 1. The third-order valence-electron chi connectivity index (χ3n) is 6.37. The number of carbonyl (C=O) groups excluding carboxylic acids is 1. The number of carbonyl (C=O) groups is 1. The lowest BCUT2D eigenvalue weighted by molar-refractivity contribution is -0.120. The van der Waals surface area contributed by atoms with Crippen LogP contribution in [0.15, 0.2) is 36.2 Å². The van der Waals surface area contributed by atoms with Gasteiger partial charge in [-0.2, -0.15) is 0 Å². The molecular weight excluding hydrogens is 431 g/mol. The summed E-state index contributed by atoms with van der Waals surface area (Å²) in [5.41, 5.74) is 6.84. The Morgan fingerprint density at radius 2 is 1.97 bits per heavy atom. The first-order valence-electron chi connectivity index (χ1n) is 11.2. The van der Waals surface area contributed by atoms with E-state index in [4.69, 9.17) is 4.74 Å². The zero-order chi connectivity index (χ0) is 21.4. The summed E-state index contributed by atoms with van der Waals surface area (Å²) in [6, 6.07) is 6.33. The van der Waals surface area contributed by atoms with Crippen LogP contribution in [0, 0.1) is 11.7 Å². The van der Waals surface area contributed by atoms with Crippen molar-refractivity contribution < 1.29 is 13.9 Å². The molecule has 1 saturated carbocycles. The smallest absolute Gasteiger partial charge is 0.269 e. The van der Waals surface area contributed by atoms with Crippen molar-refractivity contribution >= 4 is 23.9 Å². The number of fused-ring (bicyclic) bond motifs is 1. The van der Waals surface area contributed by atoms with Crippen molar-refractivity contribution in [2.45, 2.75) is 45.1 Å². The molecule has 1 amide bonds. The predicted octanol–water partition coefficient (Wildman–Crippen LogP) is 4.31. The van der Waals surface area contributed by atoms with Crippen LogP contribution in [-0.2, 0) is 4.79 Å². The van der Waals surface area contributed by atoms with Crippen LogP contribution in [0.2, 0.25) is 0 Å². The third-order valence-corrected chi connectivity index (χ3v) is 6.37. The zero-order valence-corrected chi connectivity index (χ0v) is 19.1. The molecule has 1 aromatic carbocycles. The van der Waals surface area contributed by atoms with Crippen molar-refractivity contribution in [1.82, 2.24) is 20.7 Å². The van der Waals surface area contributed by atoms with Crippen molar-refractivity contribution in [3.63, 3.8) is 0 Å². The van der Waals surface area contributed by atoms with Gasteiger partial charge < -0.3 is 15.0 Å². The molecule has 2 fully saturated rings. The number of nitrogens with zero attached hydrogens (tertiary/aromatic N) is 1. The fraction of sp³-hybridized carbons (Fsp3) is 0.458. The highest BCUT2D eigenvalue weighted by Gasteiger charge is 2.33. The fourth-order valence-electron chi connectivity index (χ4n) is 4.50. The van der Waals surface area contributed by atoms with Crippen molar-refractivity contribution in [2.24, 2.45) is 5.92 Å². The first-order valence-corrected chi connectivity index (χ1v) is 11.2. The van der Waals surface area contributed by atoms with E-state index in [0.717, 1.165) is 48.4 Å². The van der Waals surface area contributed by atoms with E-state index in [2.05, 4.69) is 15.7 Å². The highest BCUT2D eigenvalue weighted by atomic mass is 35.5. The maximum Gasteiger partial charge on any atom is 0.269 e. The molecule has 1 aliphatic carbocycles. The van der Waals surface area contributed by atoms with Gasteiger partial charge in [-0.25, -0.2) is 9.40 Å². The molecule has 172 valence electrons. The number of piperidine rings is 1. The molecule has 0 spiro atoms. The van der Waals surface area contributed by atoms with Crippen LogP contribution in [0.25, 0.3) is 5.57 Å². The molecule has 1 unspecified atom stereocenters. The Morgan fingerprint density at radius 3 is 2.72 bits per heavy atom. The molecule has 32 heavy (non-hydrogen) atoms. The number of nitrogens with one attached hydrogen (secondary N) is 3. The Hall–Kier alpha value is -2.51. The molecule has 1 saturated heterocycles. The summed E-state index contributed by atoms with van der Waals surface area (Å²) < 4.78 is 20.3. The number of aromatic nitrogens is 1. The average molecular weight is 461 g/mol. The van der Waals surface area contributed by atoms with Crippen LogP contribution in [0.1, 0.15) is 61.9 Å². The van der Waals surface area contributed by atoms with E-state index in [1.165, 1.54) is 31.4 Å². The number of hydrogen-bond acceptors (Lipinski definition) is 4. The minimum absolute atomic E-state index is 0. The molecule has 8 heteroatoms. The molecule has 1 aromatic heterocycles. The number of benzene rings is 1. The van der Waals surface area contributed by atoms with Gasteiger partial charge in [0.05, 0.1) is 23.9 Å². The molecule has 3 heterocycles. The summed E-state index contributed by atoms with van der Waals surface area (Å²) in [7, 11) is 0. The Balaban J connectivity index is 0.00000245. The highest BCUT2D eigenvalue weighted by Crippen LogP contribution is 2.39. The van der Waals surface area contributed by atoms with Gasteiger partial charge in [0, 0.05) is 36.1 Å². The first-order chi connectivity index (χ1) is 15.1. The maximum atomic E-state index is 14.2. The SMILES string of the molecule is CC1=C(C(=O)NN2CCCCC2)c2[nH]ccc2C(c2cc(F)ccc2OCC2CC2)N1.Cl. The van der Waals surface area contributed by atoms with Gasteiger partial charge >= 0.3 is 0 Å². The molecule has 2 aromatic rings. The number of hydrazine groups is 1. The van der Waals surface area contributed by atoms with Crippen LogP contribution < -0.4 is 15.5 Å². The second kappa shape index (κ2) is 9.55. The molecular formula is C24H30ClFN4O2. The number of allylic oxidation sites excluding steroid dienone is 1. The summed E-state index contributed by atoms with van der Waals surface area (Å²) in [5, 5.41) is 5.44. The van der Waals surface area contributed by atoms with E-state index in [-0.39, 0.29) is 30.2 Å². The molecule has 0 radical (unpaired) electrons. The molecule has 2 aliphatic heterocycles. The maximum absolute atomic E-state index is 14.2. The van der Waals surface area contributed by atoms with Gasteiger partial charge in [-0.1, -0.05) is 6.42 Å². The zero-order valence-electron chi connectivity index (χ0n) is 18.2. The van der Waals surface area contributed by atoms with Gasteiger partial charge in [0.25, 0.3) is 5.91 Å². The lowest BCUT2D eigenvalue weighted by Gasteiger charge is -2.31. The first kappa shape index (κ1) is 22.7. The summed E-state index contributed by atoms with van der Waals surface area (Å²) in [6.07, 6.45) is 7.60. The highest BCUT2D eigenvalue weighted by molar-refractivity contribution is 6.20. The van der Waals surface area contributed by atoms with Crippen LogP contribution in [0.3, 0.4) is 0 Å². The van der Waals surface area contributed by atoms with Crippen molar-refractivity contribution in [3.8, 4) is 5.75 Å². The predicted molar refractivity (Wildman–Crippen MR) is 124 cm³/mol. The number of aromatic amines is 1. The average Bonchev–Trinajstić information content (AvgIpc) is 3.47. The summed E-state index contributed by atoms with van der Waals surface area (Å²) in [6.45, 7) is 4.29. The van der Waals surface area contributed by atoms with Gasteiger partial charge in [0.1, 0.15) is 11.6 Å². The van der Waals surface area contributed by atoms with Gasteiger partial charge in [0.2, 0.25) is 0 Å². The van der Waals surface area contributed by atoms with Crippen molar-refractivity contribution in [2.75, 3.05) is 19.7 Å². The minimum atomic E-state index is -0.303. The minimum Gasteiger partial charge on any atom is -0.493 e. The molecule has 5 rings (SSSR count). The quantitative estimate of drug-likeness (QED) is 0.601. The molecule has 1 atom stereocenters. The standard InChI is InChI=1S/C24H29FN4O2.ClH/c1-15-21(24(30)28-29-11-3-2-4-12-29)23-18(9-10-26-23)22(27-15)19-13-17(25)7-8-20(19)31-14-16-5-6-16;/h7-10,13,16,22,26-27H,2-6,11-12,14H2,1H3,(H,28,30);1H. The number of hydrogen-bond donors (Lipinski definition) is 3. The largest absolute Gasteiger partial charge is 0.493 e. The van der Waals surface area contributed by atoms with Gasteiger partial charge in [0.15, 0.2) is 0 Å². The summed E-state index contributed by atoms with van der Waals surface area (Å²) in [4.78, 5) is 16.4. The van der Waals surface area contributed by atoms with E-state index in [0.29, 0.717) is 23.8 Å². The molecule has 6 nitrogen and oxygen atoms in total. The van der Waals surface area contributed by atoms with Gasteiger partial charge in [-0.05, 0) is 62.8 Å². The van der Waals surface area contributed by atoms with Gasteiger partial charge in [-0.15, -0.1) is 12.4 Å². The Kier molecular flexibility index (Phi) is 6.76. The van der Waals surface area contributed by atoms with Gasteiger partial charge in [-0.3, -0.25) is 10.2 Å². The second-order valence-electron chi connectivity index (χ2n) is 8.81. The van der Waals surface area contributed by atoms with E-state index in [1.807, 2.05) is 24.2 Å². The molecule has 0 bridgehead atoms. The van der Waals surface area contributed by atoms with Crippen molar-refractivity contribution in [3.05, 3.63) is 58.8 Å². The van der Waals surface area contributed by atoms with Crippen LogP contribution in [-0.4, -0.2) is 35.6 Å². The topological polar surface area (TPSA) is 69.4 Å². The van der Waals surface area contributed by atoms with E-state index in [9.17, 15) is 9.18 Å². The van der Waals surface area contributed by atoms with E-state index in [1.54, 1.807) is 6.07 Å². The normalized spacial score (nSPS) is 20.8. The lowest BCUT2D eigenvalue weighted by Crippen LogP contribution is -2.46. The second-order valence-corrected chi connectivity index (χ2v) is 8.81. The monoisotopic (exact) mass is 460 g/mol. The number of halogens is 2. The number of ether oxygens (including phenoxy) is 1. The van der Waals surface area contributed by atoms with E-state index < -0.39 is 0 Å². The lowest BCUT2D eigenvalue weighted by atomic mass is 9.90. The Bertz CT molecular complexity index is 1010. The number of H-pyrrole nitrogens is 1.